The first-order valence-electron chi connectivity index (χ1n) is 3.73. The Kier molecular flexibility index (Phi) is 3.48. The molecule has 0 saturated carbocycles. The zero-order valence-electron chi connectivity index (χ0n) is 7.07. The van der Waals surface area contributed by atoms with Gasteiger partial charge in [0.25, 0.3) is 0 Å². The molecule has 1 rings (SSSR count). The van der Waals surface area contributed by atoms with E-state index in [1.165, 1.54) is 24.3 Å². The summed E-state index contributed by atoms with van der Waals surface area (Å²) in [7, 11) is 0. The number of hydrogen-bond acceptors (Lipinski definition) is 3. The van der Waals surface area contributed by atoms with E-state index in [-0.39, 0.29) is 17.2 Å². The van der Waals surface area contributed by atoms with E-state index in [2.05, 4.69) is 0 Å². The smallest absolute Gasteiger partial charge is 0.335 e. The number of rotatable bonds is 3. The Labute approximate surface area is 85.1 Å². The molecule has 0 saturated heterocycles. The van der Waals surface area contributed by atoms with Crippen LogP contribution >= 0.6 is 11.6 Å². The Balaban J connectivity index is 2.73. The third-order valence-electron chi connectivity index (χ3n) is 1.44. The van der Waals surface area contributed by atoms with Crippen LogP contribution < -0.4 is 4.74 Å². The predicted molar refractivity (Wildman–Crippen MR) is 49.8 cm³/mol. The van der Waals surface area contributed by atoms with E-state index in [4.69, 9.17) is 21.4 Å². The van der Waals surface area contributed by atoms with E-state index in [0.717, 1.165) is 0 Å². The minimum atomic E-state index is -1.03. The number of halogens is 1. The molecule has 74 valence electrons. The highest BCUT2D eigenvalue weighted by Gasteiger charge is 2.04. The van der Waals surface area contributed by atoms with Crippen LogP contribution in [-0.4, -0.2) is 22.9 Å². The predicted octanol–water partition coefficient (Wildman–Crippen LogP) is 1.53. The van der Waals surface area contributed by atoms with Gasteiger partial charge in [0.15, 0.2) is 0 Å². The molecule has 0 radical (unpaired) electrons. The Morgan fingerprint density at radius 2 is 1.86 bits per heavy atom. The molecule has 0 atom stereocenters. The van der Waals surface area contributed by atoms with E-state index in [0.29, 0.717) is 0 Å². The minimum absolute atomic E-state index is 0.135. The lowest BCUT2D eigenvalue weighted by atomic mass is 10.2. The number of carbonyl (C=O) groups is 2. The van der Waals surface area contributed by atoms with E-state index in [9.17, 15) is 9.59 Å². The van der Waals surface area contributed by atoms with Crippen molar-refractivity contribution in [1.29, 1.82) is 0 Å². The number of carboxylic acid groups (broad SMARTS) is 1. The third kappa shape index (κ3) is 2.74. The molecule has 0 fully saturated rings. The van der Waals surface area contributed by atoms with Gasteiger partial charge in [-0.05, 0) is 24.3 Å². The summed E-state index contributed by atoms with van der Waals surface area (Å²) in [5.74, 6) is -1.56. The summed E-state index contributed by atoms with van der Waals surface area (Å²) in [5, 5.41) is 8.57. The van der Waals surface area contributed by atoms with Gasteiger partial charge in [-0.2, -0.15) is 0 Å². The molecule has 1 aromatic rings. The maximum absolute atomic E-state index is 10.7. The lowest BCUT2D eigenvalue weighted by Gasteiger charge is -2.01. The molecule has 0 aromatic heterocycles. The van der Waals surface area contributed by atoms with Gasteiger partial charge >= 0.3 is 11.9 Å². The number of aromatic carboxylic acids is 1. The number of esters is 1. The number of hydrogen-bond donors (Lipinski definition) is 1. The molecule has 0 aliphatic heterocycles. The second-order valence-corrected chi connectivity index (χ2v) is 2.70. The first-order chi connectivity index (χ1) is 6.63. The van der Waals surface area contributed by atoms with Crippen LogP contribution in [0.1, 0.15) is 10.4 Å². The SMILES string of the molecule is O=C(CCl)Oc1ccc(C(=O)O)cc1. The van der Waals surface area contributed by atoms with Crippen molar-refractivity contribution < 1.29 is 19.4 Å². The van der Waals surface area contributed by atoms with Crippen molar-refractivity contribution in [2.45, 2.75) is 0 Å². The van der Waals surface area contributed by atoms with Crippen molar-refractivity contribution >= 4 is 23.5 Å². The van der Waals surface area contributed by atoms with Crippen LogP contribution in [0.4, 0.5) is 0 Å². The van der Waals surface area contributed by atoms with Gasteiger partial charge in [-0.1, -0.05) is 0 Å². The molecule has 14 heavy (non-hydrogen) atoms. The fourth-order valence-electron chi connectivity index (χ4n) is 0.824. The molecule has 0 aliphatic rings. The van der Waals surface area contributed by atoms with Crippen molar-refractivity contribution in [3.63, 3.8) is 0 Å². The van der Waals surface area contributed by atoms with Gasteiger partial charge in [-0.25, -0.2) is 4.79 Å². The fourth-order valence-corrected chi connectivity index (χ4v) is 0.879. The number of ether oxygens (including phenoxy) is 1. The summed E-state index contributed by atoms with van der Waals surface area (Å²) in [6.45, 7) is 0. The van der Waals surface area contributed by atoms with Crippen LogP contribution in [0.25, 0.3) is 0 Å². The summed E-state index contributed by atoms with van der Waals surface area (Å²) in [5.41, 5.74) is 0.135. The van der Waals surface area contributed by atoms with Crippen molar-refractivity contribution in [3.05, 3.63) is 29.8 Å². The van der Waals surface area contributed by atoms with Gasteiger partial charge in [-0.15, -0.1) is 11.6 Å². The second kappa shape index (κ2) is 4.62. The quantitative estimate of drug-likeness (QED) is 0.471. The van der Waals surface area contributed by atoms with Crippen molar-refractivity contribution in [1.82, 2.24) is 0 Å². The summed E-state index contributed by atoms with van der Waals surface area (Å²) < 4.78 is 4.73. The molecule has 0 unspecified atom stereocenters. The molecule has 0 bridgehead atoms. The average Bonchev–Trinajstić information content (AvgIpc) is 2.18. The van der Waals surface area contributed by atoms with E-state index in [1.54, 1.807) is 0 Å². The molecular weight excluding hydrogens is 208 g/mol. The highest BCUT2D eigenvalue weighted by atomic mass is 35.5. The molecule has 0 heterocycles. The zero-order chi connectivity index (χ0) is 10.6. The Morgan fingerprint density at radius 1 is 1.29 bits per heavy atom. The topological polar surface area (TPSA) is 63.6 Å². The largest absolute Gasteiger partial charge is 0.478 e. The molecule has 1 N–H and O–H groups in total. The zero-order valence-corrected chi connectivity index (χ0v) is 7.82. The van der Waals surface area contributed by atoms with Crippen LogP contribution in [-0.2, 0) is 4.79 Å². The standard InChI is InChI=1S/C9H7ClO4/c10-5-8(11)14-7-3-1-6(2-4-7)9(12)13/h1-4H,5H2,(H,12,13). The minimum Gasteiger partial charge on any atom is -0.478 e. The summed E-state index contributed by atoms with van der Waals surface area (Å²) >= 11 is 5.21. The van der Waals surface area contributed by atoms with Gasteiger partial charge in [0.05, 0.1) is 5.56 Å². The van der Waals surface area contributed by atoms with Crippen LogP contribution in [0.2, 0.25) is 0 Å². The molecule has 1 aromatic carbocycles. The first-order valence-corrected chi connectivity index (χ1v) is 4.27. The molecule has 5 heteroatoms. The van der Waals surface area contributed by atoms with Crippen LogP contribution in [0.3, 0.4) is 0 Å². The second-order valence-electron chi connectivity index (χ2n) is 2.44. The number of alkyl halides is 1. The van der Waals surface area contributed by atoms with Crippen LogP contribution in [0, 0.1) is 0 Å². The molecule has 0 aliphatic carbocycles. The van der Waals surface area contributed by atoms with E-state index >= 15 is 0 Å². The van der Waals surface area contributed by atoms with Crippen LogP contribution in [0.5, 0.6) is 5.75 Å². The van der Waals surface area contributed by atoms with Gasteiger partial charge in [-0.3, -0.25) is 4.79 Å². The molecular formula is C9H7ClO4. The van der Waals surface area contributed by atoms with E-state index < -0.39 is 11.9 Å². The Bertz CT molecular complexity index is 344. The first kappa shape index (κ1) is 10.5. The fraction of sp³-hybridized carbons (Fsp3) is 0.111. The highest BCUT2D eigenvalue weighted by molar-refractivity contribution is 6.26. The lowest BCUT2D eigenvalue weighted by molar-refractivity contribution is -0.131. The van der Waals surface area contributed by atoms with Crippen LogP contribution in [0.15, 0.2) is 24.3 Å². The number of carbonyl (C=O) groups excluding carboxylic acids is 1. The summed E-state index contributed by atoms with van der Waals surface area (Å²) in [6.07, 6.45) is 0. The van der Waals surface area contributed by atoms with Crippen molar-refractivity contribution in [3.8, 4) is 5.75 Å². The molecule has 4 nitrogen and oxygen atoms in total. The highest BCUT2D eigenvalue weighted by Crippen LogP contribution is 2.12. The van der Waals surface area contributed by atoms with Gasteiger partial charge in [0, 0.05) is 0 Å². The summed E-state index contributed by atoms with van der Waals surface area (Å²) in [4.78, 5) is 21.2. The summed E-state index contributed by atoms with van der Waals surface area (Å²) in [6, 6.07) is 5.49. The maximum Gasteiger partial charge on any atom is 0.335 e. The normalized spacial score (nSPS) is 9.50. The number of benzene rings is 1. The Hall–Kier alpha value is -1.55. The van der Waals surface area contributed by atoms with Crippen molar-refractivity contribution in [2.24, 2.45) is 0 Å². The molecule has 0 amide bonds. The number of carboxylic acids is 1. The monoisotopic (exact) mass is 214 g/mol. The average molecular weight is 215 g/mol. The van der Waals surface area contributed by atoms with Gasteiger partial charge < -0.3 is 9.84 Å². The maximum atomic E-state index is 10.7. The molecule has 0 spiro atoms. The third-order valence-corrected chi connectivity index (χ3v) is 1.66. The van der Waals surface area contributed by atoms with E-state index in [1.807, 2.05) is 0 Å². The van der Waals surface area contributed by atoms with Gasteiger partial charge in [0.1, 0.15) is 11.6 Å². The Morgan fingerprint density at radius 3 is 2.29 bits per heavy atom. The van der Waals surface area contributed by atoms with Crippen molar-refractivity contribution in [2.75, 3.05) is 5.88 Å². The lowest BCUT2D eigenvalue weighted by Crippen LogP contribution is -2.08. The van der Waals surface area contributed by atoms with Gasteiger partial charge in [0.2, 0.25) is 0 Å².